The van der Waals surface area contributed by atoms with Crippen LogP contribution in [-0.2, 0) is 0 Å². The number of anilines is 1. The summed E-state index contributed by atoms with van der Waals surface area (Å²) in [6.07, 6.45) is 5.61. The molecular weight excluding hydrogens is 238 g/mol. The highest BCUT2D eigenvalue weighted by atomic mass is 32.2. The molecule has 0 aliphatic carbocycles. The van der Waals surface area contributed by atoms with Gasteiger partial charge in [-0.1, -0.05) is 13.3 Å². The third-order valence-corrected chi connectivity index (χ3v) is 3.22. The molecule has 0 saturated heterocycles. The number of hydrogen-bond donors (Lipinski definition) is 2. The summed E-state index contributed by atoms with van der Waals surface area (Å²) in [5.41, 5.74) is 0.470. The van der Waals surface area contributed by atoms with Crippen molar-refractivity contribution >= 4 is 24.1 Å². The Balaban J connectivity index is 2.42. The fourth-order valence-electron chi connectivity index (χ4n) is 1.48. The zero-order chi connectivity index (χ0) is 12.5. The molecule has 2 N–H and O–H groups in total. The highest BCUT2D eigenvalue weighted by Crippen LogP contribution is 2.14. The van der Waals surface area contributed by atoms with Gasteiger partial charge < -0.3 is 9.87 Å². The number of aromatic nitrogens is 2. The highest BCUT2D eigenvalue weighted by Gasteiger charge is 2.07. The Morgan fingerprint density at radius 1 is 1.65 bits per heavy atom. The standard InChI is InChI=1S/C11H17N3O2S/c1-2-9(7-17-16)3-4-13-11-10(6-15)5-12-8-14-11/h5-6,8-9,16H,2-4,7H2,1H3,(H,12,13,14). The molecule has 94 valence electrons. The molecule has 1 heterocycles. The first-order valence-corrected chi connectivity index (χ1v) is 6.51. The average molecular weight is 255 g/mol. The SMILES string of the molecule is CCC(CCNc1ncncc1C=O)CSO. The van der Waals surface area contributed by atoms with E-state index in [4.69, 9.17) is 4.55 Å². The van der Waals surface area contributed by atoms with Crippen molar-refractivity contribution in [3.05, 3.63) is 18.1 Å². The van der Waals surface area contributed by atoms with Crippen molar-refractivity contribution in [2.24, 2.45) is 5.92 Å². The first kappa shape index (κ1) is 13.9. The number of carbonyl (C=O) groups excluding carboxylic acids is 1. The van der Waals surface area contributed by atoms with E-state index in [1.807, 2.05) is 0 Å². The fourth-order valence-corrected chi connectivity index (χ4v) is 2.09. The van der Waals surface area contributed by atoms with E-state index in [2.05, 4.69) is 22.2 Å². The van der Waals surface area contributed by atoms with E-state index in [9.17, 15) is 4.79 Å². The van der Waals surface area contributed by atoms with Crippen molar-refractivity contribution in [3.8, 4) is 0 Å². The summed E-state index contributed by atoms with van der Waals surface area (Å²) in [7, 11) is 0. The van der Waals surface area contributed by atoms with Crippen molar-refractivity contribution in [1.82, 2.24) is 9.97 Å². The molecule has 0 fully saturated rings. The summed E-state index contributed by atoms with van der Waals surface area (Å²) < 4.78 is 8.80. The van der Waals surface area contributed by atoms with Crippen LogP contribution < -0.4 is 5.32 Å². The van der Waals surface area contributed by atoms with Crippen LogP contribution in [0.3, 0.4) is 0 Å². The van der Waals surface area contributed by atoms with Crippen LogP contribution >= 0.6 is 12.0 Å². The second-order valence-electron chi connectivity index (χ2n) is 3.73. The van der Waals surface area contributed by atoms with Crippen molar-refractivity contribution in [2.75, 3.05) is 17.6 Å². The van der Waals surface area contributed by atoms with Gasteiger partial charge in [0.05, 0.1) is 5.56 Å². The van der Waals surface area contributed by atoms with Gasteiger partial charge in [0.2, 0.25) is 0 Å². The van der Waals surface area contributed by atoms with E-state index >= 15 is 0 Å². The van der Waals surface area contributed by atoms with Gasteiger partial charge in [0.1, 0.15) is 12.1 Å². The molecule has 1 unspecified atom stereocenters. The van der Waals surface area contributed by atoms with Gasteiger partial charge in [0, 0.05) is 18.5 Å². The lowest BCUT2D eigenvalue weighted by Gasteiger charge is -2.13. The molecule has 1 aromatic rings. The predicted octanol–water partition coefficient (Wildman–Crippen LogP) is 2.32. The number of nitrogens with zero attached hydrogens (tertiary/aromatic N) is 2. The van der Waals surface area contributed by atoms with E-state index in [0.717, 1.165) is 43.5 Å². The van der Waals surface area contributed by atoms with Crippen LogP contribution in [0.4, 0.5) is 5.82 Å². The molecule has 1 atom stereocenters. The third-order valence-electron chi connectivity index (χ3n) is 2.60. The largest absolute Gasteiger partial charge is 0.369 e. The van der Waals surface area contributed by atoms with Crippen LogP contribution in [0.5, 0.6) is 0 Å². The van der Waals surface area contributed by atoms with Gasteiger partial charge in [0.25, 0.3) is 0 Å². The zero-order valence-electron chi connectivity index (χ0n) is 9.80. The van der Waals surface area contributed by atoms with Crippen LogP contribution in [0.15, 0.2) is 12.5 Å². The molecule has 17 heavy (non-hydrogen) atoms. The Hall–Kier alpha value is -1.14. The predicted molar refractivity (Wildman–Crippen MR) is 69.4 cm³/mol. The molecule has 0 amide bonds. The second-order valence-corrected chi connectivity index (χ2v) is 4.32. The van der Waals surface area contributed by atoms with Gasteiger partial charge >= 0.3 is 0 Å². The maximum atomic E-state index is 10.7. The van der Waals surface area contributed by atoms with Gasteiger partial charge in [-0.3, -0.25) is 4.79 Å². The van der Waals surface area contributed by atoms with E-state index < -0.39 is 0 Å². The molecule has 0 saturated carbocycles. The Kier molecular flexibility index (Phi) is 6.57. The molecule has 6 heteroatoms. The first-order valence-electron chi connectivity index (χ1n) is 5.57. The fraction of sp³-hybridized carbons (Fsp3) is 0.545. The van der Waals surface area contributed by atoms with Crippen molar-refractivity contribution in [2.45, 2.75) is 19.8 Å². The van der Waals surface area contributed by atoms with Crippen LogP contribution in [0, 0.1) is 5.92 Å². The average Bonchev–Trinajstić information content (AvgIpc) is 2.38. The van der Waals surface area contributed by atoms with Crippen LogP contribution in [0.2, 0.25) is 0 Å². The van der Waals surface area contributed by atoms with E-state index in [-0.39, 0.29) is 0 Å². The Morgan fingerprint density at radius 2 is 2.47 bits per heavy atom. The number of carbonyl (C=O) groups is 1. The van der Waals surface area contributed by atoms with Crippen LogP contribution in [-0.4, -0.2) is 33.1 Å². The summed E-state index contributed by atoms with van der Waals surface area (Å²) in [5.74, 6) is 1.78. The number of rotatable bonds is 8. The van der Waals surface area contributed by atoms with Crippen molar-refractivity contribution in [3.63, 3.8) is 0 Å². The summed E-state index contributed by atoms with van der Waals surface area (Å²) in [4.78, 5) is 18.5. The molecule has 0 aliphatic heterocycles. The highest BCUT2D eigenvalue weighted by molar-refractivity contribution is 7.93. The van der Waals surface area contributed by atoms with Gasteiger partial charge in [-0.15, -0.1) is 0 Å². The first-order chi connectivity index (χ1) is 8.31. The summed E-state index contributed by atoms with van der Waals surface area (Å²) in [6.45, 7) is 2.83. The number of nitrogens with one attached hydrogen (secondary N) is 1. The third kappa shape index (κ3) is 4.70. The van der Waals surface area contributed by atoms with E-state index in [1.165, 1.54) is 12.5 Å². The minimum Gasteiger partial charge on any atom is -0.369 e. The molecule has 0 spiro atoms. The summed E-state index contributed by atoms with van der Waals surface area (Å²) >= 11 is 0.879. The van der Waals surface area contributed by atoms with Gasteiger partial charge in [-0.2, -0.15) is 0 Å². The maximum Gasteiger partial charge on any atom is 0.155 e. The number of aldehydes is 1. The monoisotopic (exact) mass is 255 g/mol. The molecule has 0 bridgehead atoms. The van der Waals surface area contributed by atoms with Gasteiger partial charge in [0.15, 0.2) is 6.29 Å². The lowest BCUT2D eigenvalue weighted by atomic mass is 10.1. The second kappa shape index (κ2) is 8.03. The molecular formula is C11H17N3O2S. The topological polar surface area (TPSA) is 75.1 Å². The van der Waals surface area contributed by atoms with E-state index in [1.54, 1.807) is 0 Å². The maximum absolute atomic E-state index is 10.7. The lowest BCUT2D eigenvalue weighted by Crippen LogP contribution is -2.12. The number of hydrogen-bond acceptors (Lipinski definition) is 6. The molecule has 0 aliphatic rings. The van der Waals surface area contributed by atoms with Crippen molar-refractivity contribution < 1.29 is 9.35 Å². The Bertz CT molecular complexity index is 349. The molecule has 0 aromatic carbocycles. The molecule has 1 aromatic heterocycles. The Morgan fingerprint density at radius 3 is 3.12 bits per heavy atom. The zero-order valence-corrected chi connectivity index (χ0v) is 10.6. The van der Waals surface area contributed by atoms with Gasteiger partial charge in [-0.05, 0) is 24.4 Å². The van der Waals surface area contributed by atoms with Crippen molar-refractivity contribution in [1.29, 1.82) is 0 Å². The Labute approximate surface area is 105 Å². The molecule has 1 rings (SSSR count). The lowest BCUT2D eigenvalue weighted by molar-refractivity contribution is 0.112. The minimum atomic E-state index is 0.470. The molecule has 5 nitrogen and oxygen atoms in total. The van der Waals surface area contributed by atoms with Crippen LogP contribution in [0.1, 0.15) is 30.1 Å². The molecule has 0 radical (unpaired) electrons. The smallest absolute Gasteiger partial charge is 0.155 e. The quantitative estimate of drug-likeness (QED) is 0.548. The summed E-state index contributed by atoms with van der Waals surface area (Å²) in [5, 5.41) is 3.11. The normalized spacial score (nSPS) is 12.1. The van der Waals surface area contributed by atoms with Gasteiger partial charge in [-0.25, -0.2) is 9.97 Å². The summed E-state index contributed by atoms with van der Waals surface area (Å²) in [6, 6.07) is 0. The minimum absolute atomic E-state index is 0.470. The van der Waals surface area contributed by atoms with Crippen LogP contribution in [0.25, 0.3) is 0 Å². The van der Waals surface area contributed by atoms with E-state index in [0.29, 0.717) is 17.3 Å².